The molecule has 1 saturated carbocycles. The highest BCUT2D eigenvalue weighted by molar-refractivity contribution is 6.23. The molecule has 1 aromatic rings. The van der Waals surface area contributed by atoms with Gasteiger partial charge in [0, 0.05) is 49.4 Å². The van der Waals surface area contributed by atoms with E-state index in [-0.39, 0.29) is 0 Å². The normalized spacial score (nSPS) is 15.8. The van der Waals surface area contributed by atoms with Gasteiger partial charge in [-0.25, -0.2) is 0 Å². The largest absolute Gasteiger partial charge is 0.404 e. The zero-order chi connectivity index (χ0) is 12.4. The molecule has 2 rings (SSSR count). The van der Waals surface area contributed by atoms with Crippen LogP contribution >= 0.6 is 0 Å². The topological polar surface area (TPSA) is 66.0 Å². The Hall–Kier alpha value is -1.84. The molecular formula is C13H18N4. The average molecular weight is 230 g/mol. The highest BCUT2D eigenvalue weighted by Gasteiger charge is 2.29. The van der Waals surface area contributed by atoms with Crippen molar-refractivity contribution in [1.29, 1.82) is 5.41 Å². The monoisotopic (exact) mass is 230 g/mol. The molecule has 4 nitrogen and oxygen atoms in total. The first kappa shape index (κ1) is 11.6. The van der Waals surface area contributed by atoms with Crippen LogP contribution < -0.4 is 10.6 Å². The van der Waals surface area contributed by atoms with E-state index in [1.807, 2.05) is 31.1 Å². The van der Waals surface area contributed by atoms with E-state index >= 15 is 0 Å². The van der Waals surface area contributed by atoms with Gasteiger partial charge in [-0.15, -0.1) is 0 Å². The van der Waals surface area contributed by atoms with E-state index in [0.29, 0.717) is 11.6 Å². The number of allylic oxidation sites excluding steroid dienone is 1. The Bertz CT molecular complexity index is 458. The Morgan fingerprint density at radius 3 is 2.76 bits per heavy atom. The number of anilines is 1. The van der Waals surface area contributed by atoms with Crippen molar-refractivity contribution in [2.24, 2.45) is 11.7 Å². The highest BCUT2D eigenvalue weighted by Crippen LogP contribution is 2.35. The average Bonchev–Trinajstić information content (AvgIpc) is 3.14. The Morgan fingerprint density at radius 2 is 2.24 bits per heavy atom. The van der Waals surface area contributed by atoms with Crippen LogP contribution in [0.3, 0.4) is 0 Å². The summed E-state index contributed by atoms with van der Waals surface area (Å²) < 4.78 is 0. The standard InChI is InChI=1S/C13H18N4/c1-17(2)10-5-6-16-12(7-10)11(8-14)13(15)9-3-4-9/h5-9,15H,3-4,14H2,1-2H3/b11-8-,15-13?. The van der Waals surface area contributed by atoms with Crippen molar-refractivity contribution in [3.63, 3.8) is 0 Å². The van der Waals surface area contributed by atoms with Gasteiger partial charge in [0.1, 0.15) is 0 Å². The second-order valence-electron chi connectivity index (χ2n) is 4.56. The van der Waals surface area contributed by atoms with Crippen LogP contribution in [0, 0.1) is 11.3 Å². The summed E-state index contributed by atoms with van der Waals surface area (Å²) in [5.41, 5.74) is 8.88. The molecule has 0 unspecified atom stereocenters. The Morgan fingerprint density at radius 1 is 1.53 bits per heavy atom. The SMILES string of the molecule is CN(C)c1ccnc(/C(=C/N)C(=N)C2CC2)c1. The van der Waals surface area contributed by atoms with Gasteiger partial charge in [-0.1, -0.05) is 0 Å². The summed E-state index contributed by atoms with van der Waals surface area (Å²) in [4.78, 5) is 6.32. The van der Waals surface area contributed by atoms with Crippen molar-refractivity contribution in [2.75, 3.05) is 19.0 Å². The lowest BCUT2D eigenvalue weighted by molar-refractivity contribution is 1.11. The zero-order valence-electron chi connectivity index (χ0n) is 10.3. The number of nitrogens with zero attached hydrogens (tertiary/aromatic N) is 2. The zero-order valence-corrected chi connectivity index (χ0v) is 10.3. The Balaban J connectivity index is 2.31. The van der Waals surface area contributed by atoms with E-state index in [0.717, 1.165) is 29.8 Å². The van der Waals surface area contributed by atoms with Gasteiger partial charge >= 0.3 is 0 Å². The maximum absolute atomic E-state index is 8.08. The number of pyridine rings is 1. The maximum atomic E-state index is 8.08. The molecule has 1 aromatic heterocycles. The Labute approximate surface area is 102 Å². The van der Waals surface area contributed by atoms with Crippen LogP contribution in [0.4, 0.5) is 5.69 Å². The lowest BCUT2D eigenvalue weighted by Gasteiger charge is -2.14. The fourth-order valence-corrected chi connectivity index (χ4v) is 1.75. The van der Waals surface area contributed by atoms with Crippen LogP contribution in [-0.4, -0.2) is 24.8 Å². The molecule has 1 aliphatic rings. The van der Waals surface area contributed by atoms with Gasteiger partial charge in [0.2, 0.25) is 0 Å². The molecule has 0 bridgehead atoms. The summed E-state index contributed by atoms with van der Waals surface area (Å²) in [7, 11) is 3.97. The lowest BCUT2D eigenvalue weighted by Crippen LogP contribution is -2.11. The first-order valence-corrected chi connectivity index (χ1v) is 5.78. The third-order valence-corrected chi connectivity index (χ3v) is 2.98. The molecule has 0 spiro atoms. The number of aromatic nitrogens is 1. The van der Waals surface area contributed by atoms with Crippen LogP contribution in [0.25, 0.3) is 5.57 Å². The van der Waals surface area contributed by atoms with Crippen molar-refractivity contribution in [2.45, 2.75) is 12.8 Å². The van der Waals surface area contributed by atoms with Crippen molar-refractivity contribution in [3.8, 4) is 0 Å². The smallest absolute Gasteiger partial charge is 0.0755 e. The number of nitrogens with two attached hydrogens (primary N) is 1. The van der Waals surface area contributed by atoms with Crippen LogP contribution in [0.2, 0.25) is 0 Å². The molecule has 1 aliphatic carbocycles. The van der Waals surface area contributed by atoms with E-state index in [1.54, 1.807) is 6.20 Å². The molecule has 90 valence electrons. The molecule has 0 amide bonds. The quantitative estimate of drug-likeness (QED) is 0.776. The van der Waals surface area contributed by atoms with E-state index in [2.05, 4.69) is 4.98 Å². The molecule has 3 N–H and O–H groups in total. The minimum atomic E-state index is 0.384. The van der Waals surface area contributed by atoms with E-state index in [9.17, 15) is 0 Å². The van der Waals surface area contributed by atoms with Gasteiger partial charge in [-0.05, 0) is 25.0 Å². The second-order valence-corrected chi connectivity index (χ2v) is 4.56. The van der Waals surface area contributed by atoms with Gasteiger partial charge in [0.15, 0.2) is 0 Å². The molecule has 17 heavy (non-hydrogen) atoms. The lowest BCUT2D eigenvalue weighted by atomic mass is 10.0. The highest BCUT2D eigenvalue weighted by atomic mass is 15.1. The number of hydrogen-bond acceptors (Lipinski definition) is 4. The van der Waals surface area contributed by atoms with Crippen LogP contribution in [0.1, 0.15) is 18.5 Å². The first-order valence-electron chi connectivity index (χ1n) is 5.78. The number of hydrogen-bond donors (Lipinski definition) is 2. The van der Waals surface area contributed by atoms with Crippen LogP contribution in [0.5, 0.6) is 0 Å². The molecular weight excluding hydrogens is 212 g/mol. The van der Waals surface area contributed by atoms with Gasteiger partial charge < -0.3 is 16.0 Å². The molecule has 0 atom stereocenters. The van der Waals surface area contributed by atoms with Crippen LogP contribution in [-0.2, 0) is 0 Å². The fraction of sp³-hybridized carbons (Fsp3) is 0.385. The van der Waals surface area contributed by atoms with Crippen LogP contribution in [0.15, 0.2) is 24.5 Å². The first-order chi connectivity index (χ1) is 8.13. The molecule has 0 aliphatic heterocycles. The van der Waals surface area contributed by atoms with Gasteiger partial charge in [0.05, 0.1) is 5.69 Å². The summed E-state index contributed by atoms with van der Waals surface area (Å²) in [6, 6.07) is 3.91. The van der Waals surface area contributed by atoms with Gasteiger partial charge in [0.25, 0.3) is 0 Å². The van der Waals surface area contributed by atoms with E-state index in [4.69, 9.17) is 11.1 Å². The van der Waals surface area contributed by atoms with Gasteiger partial charge in [-0.2, -0.15) is 0 Å². The van der Waals surface area contributed by atoms with Crippen molar-refractivity contribution in [3.05, 3.63) is 30.2 Å². The third kappa shape index (κ3) is 2.46. The minimum absolute atomic E-state index is 0.384. The Kier molecular flexibility index (Phi) is 3.13. The number of nitrogens with one attached hydrogen (secondary N) is 1. The summed E-state index contributed by atoms with van der Waals surface area (Å²) in [6.07, 6.45) is 5.46. The van der Waals surface area contributed by atoms with E-state index < -0.39 is 0 Å². The van der Waals surface area contributed by atoms with E-state index in [1.165, 1.54) is 6.20 Å². The van der Waals surface area contributed by atoms with Crippen molar-refractivity contribution >= 4 is 17.0 Å². The molecule has 0 radical (unpaired) electrons. The maximum Gasteiger partial charge on any atom is 0.0755 e. The number of rotatable bonds is 4. The summed E-state index contributed by atoms with van der Waals surface area (Å²) >= 11 is 0. The predicted molar refractivity (Wildman–Crippen MR) is 71.2 cm³/mol. The third-order valence-electron chi connectivity index (χ3n) is 2.98. The van der Waals surface area contributed by atoms with Crippen molar-refractivity contribution in [1.82, 2.24) is 4.98 Å². The molecule has 1 fully saturated rings. The molecule has 4 heteroatoms. The molecule has 1 heterocycles. The van der Waals surface area contributed by atoms with Crippen molar-refractivity contribution < 1.29 is 0 Å². The fourth-order valence-electron chi connectivity index (χ4n) is 1.75. The summed E-state index contributed by atoms with van der Waals surface area (Å²) in [5.74, 6) is 0.384. The van der Waals surface area contributed by atoms with Gasteiger partial charge in [-0.3, -0.25) is 4.98 Å². The molecule has 0 aromatic carbocycles. The second kappa shape index (κ2) is 4.57. The summed E-state index contributed by atoms with van der Waals surface area (Å²) in [6.45, 7) is 0. The summed E-state index contributed by atoms with van der Waals surface area (Å²) in [5, 5.41) is 8.08. The predicted octanol–water partition coefficient (Wildman–Crippen LogP) is 1.88. The molecule has 0 saturated heterocycles. The minimum Gasteiger partial charge on any atom is -0.404 e.